The minimum atomic E-state index is 0. The third-order valence-corrected chi connectivity index (χ3v) is 4.28. The number of ether oxygens (including phenoxy) is 1. The standard InChI is InChI=1S/C18H30N4O.HI/c1-14-5-7-16(8-6-14)15(2)11-20-18(19-3)21-12-17-13-22(4)9-10-23-17;/h5-8,15,17H,9-13H2,1-4H3,(H2,19,20,21);1H. The van der Waals surface area contributed by atoms with Crippen LogP contribution in [-0.2, 0) is 4.74 Å². The summed E-state index contributed by atoms with van der Waals surface area (Å²) in [5.74, 6) is 1.27. The highest BCUT2D eigenvalue weighted by atomic mass is 127. The Labute approximate surface area is 163 Å². The van der Waals surface area contributed by atoms with Crippen LogP contribution in [0.4, 0.5) is 0 Å². The maximum atomic E-state index is 5.76. The van der Waals surface area contributed by atoms with Gasteiger partial charge < -0.3 is 20.3 Å². The molecule has 0 bridgehead atoms. The number of hydrogen-bond donors (Lipinski definition) is 2. The van der Waals surface area contributed by atoms with Gasteiger partial charge in [0.15, 0.2) is 5.96 Å². The fraction of sp³-hybridized carbons (Fsp3) is 0.611. The predicted molar refractivity (Wildman–Crippen MR) is 112 cm³/mol. The third-order valence-electron chi connectivity index (χ3n) is 4.28. The second-order valence-corrected chi connectivity index (χ2v) is 6.40. The minimum Gasteiger partial charge on any atom is -0.374 e. The second kappa shape index (κ2) is 10.9. The van der Waals surface area contributed by atoms with Crippen LogP contribution in [0.3, 0.4) is 0 Å². The molecule has 0 saturated carbocycles. The largest absolute Gasteiger partial charge is 0.374 e. The molecule has 1 saturated heterocycles. The molecule has 0 radical (unpaired) electrons. The van der Waals surface area contributed by atoms with Gasteiger partial charge in [0.05, 0.1) is 12.7 Å². The van der Waals surface area contributed by atoms with Crippen molar-refractivity contribution in [2.24, 2.45) is 4.99 Å². The van der Waals surface area contributed by atoms with Crippen LogP contribution in [0.2, 0.25) is 0 Å². The average molecular weight is 446 g/mol. The van der Waals surface area contributed by atoms with E-state index in [0.29, 0.717) is 5.92 Å². The Morgan fingerprint density at radius 3 is 2.67 bits per heavy atom. The molecule has 0 amide bonds. The molecule has 1 aliphatic rings. The van der Waals surface area contributed by atoms with E-state index >= 15 is 0 Å². The van der Waals surface area contributed by atoms with Gasteiger partial charge in [0, 0.05) is 33.2 Å². The highest BCUT2D eigenvalue weighted by molar-refractivity contribution is 14.0. The van der Waals surface area contributed by atoms with Crippen molar-refractivity contribution < 1.29 is 4.74 Å². The smallest absolute Gasteiger partial charge is 0.191 e. The molecule has 0 spiro atoms. The Balaban J connectivity index is 0.00000288. The monoisotopic (exact) mass is 446 g/mol. The Bertz CT molecular complexity index is 506. The molecule has 5 nitrogen and oxygen atoms in total. The van der Waals surface area contributed by atoms with E-state index in [4.69, 9.17) is 4.74 Å². The van der Waals surface area contributed by atoms with Crippen LogP contribution in [0.5, 0.6) is 0 Å². The van der Waals surface area contributed by atoms with E-state index < -0.39 is 0 Å². The van der Waals surface area contributed by atoms with Gasteiger partial charge in [0.2, 0.25) is 0 Å². The SMILES string of the molecule is CN=C(NCC1CN(C)CCO1)NCC(C)c1ccc(C)cc1.I. The van der Waals surface area contributed by atoms with Crippen LogP contribution in [0.25, 0.3) is 0 Å². The maximum absolute atomic E-state index is 5.76. The summed E-state index contributed by atoms with van der Waals surface area (Å²) in [6.45, 7) is 8.76. The normalized spacial score (nSPS) is 20.2. The fourth-order valence-electron chi connectivity index (χ4n) is 2.68. The van der Waals surface area contributed by atoms with Gasteiger partial charge in [-0.25, -0.2) is 0 Å². The molecule has 1 fully saturated rings. The zero-order valence-electron chi connectivity index (χ0n) is 15.2. The van der Waals surface area contributed by atoms with Crippen molar-refractivity contribution in [2.75, 3.05) is 46.9 Å². The molecule has 1 aliphatic heterocycles. The Morgan fingerprint density at radius 1 is 1.33 bits per heavy atom. The van der Waals surface area contributed by atoms with Crippen molar-refractivity contribution >= 4 is 29.9 Å². The molecule has 2 rings (SSSR count). The van der Waals surface area contributed by atoms with Crippen molar-refractivity contribution in [2.45, 2.75) is 25.9 Å². The summed E-state index contributed by atoms with van der Waals surface area (Å²) in [5, 5.41) is 6.77. The summed E-state index contributed by atoms with van der Waals surface area (Å²) < 4.78 is 5.76. The molecule has 2 atom stereocenters. The van der Waals surface area contributed by atoms with Gasteiger partial charge in [-0.05, 0) is 25.5 Å². The van der Waals surface area contributed by atoms with Crippen molar-refractivity contribution in [1.82, 2.24) is 15.5 Å². The van der Waals surface area contributed by atoms with Crippen LogP contribution >= 0.6 is 24.0 Å². The summed E-state index contributed by atoms with van der Waals surface area (Å²) in [7, 11) is 3.94. The number of guanidine groups is 1. The molecule has 1 aromatic rings. The Morgan fingerprint density at radius 2 is 2.04 bits per heavy atom. The first-order chi connectivity index (χ1) is 11.1. The number of rotatable bonds is 5. The second-order valence-electron chi connectivity index (χ2n) is 6.40. The number of likely N-dealkylation sites (N-methyl/N-ethyl adjacent to an activating group) is 1. The van der Waals surface area contributed by atoms with Gasteiger partial charge in [-0.1, -0.05) is 36.8 Å². The van der Waals surface area contributed by atoms with Gasteiger partial charge in [-0.15, -0.1) is 24.0 Å². The van der Waals surface area contributed by atoms with Crippen LogP contribution in [0.15, 0.2) is 29.3 Å². The summed E-state index contributed by atoms with van der Waals surface area (Å²) in [5.41, 5.74) is 2.64. The number of nitrogens with zero attached hydrogens (tertiary/aromatic N) is 2. The first-order valence-electron chi connectivity index (χ1n) is 8.39. The van der Waals surface area contributed by atoms with E-state index in [2.05, 4.69) is 65.7 Å². The summed E-state index contributed by atoms with van der Waals surface area (Å²) in [6.07, 6.45) is 0.224. The van der Waals surface area contributed by atoms with Gasteiger partial charge >= 0.3 is 0 Å². The topological polar surface area (TPSA) is 48.9 Å². The van der Waals surface area contributed by atoms with E-state index in [1.807, 2.05) is 0 Å². The first kappa shape index (κ1) is 21.2. The van der Waals surface area contributed by atoms with Crippen LogP contribution in [-0.4, -0.2) is 63.8 Å². The molecule has 1 heterocycles. The average Bonchev–Trinajstić information content (AvgIpc) is 2.55. The lowest BCUT2D eigenvalue weighted by molar-refractivity contribution is -0.0161. The summed E-state index contributed by atoms with van der Waals surface area (Å²) >= 11 is 0. The lowest BCUT2D eigenvalue weighted by atomic mass is 10.0. The van der Waals surface area contributed by atoms with Gasteiger partial charge in [-0.3, -0.25) is 4.99 Å². The Hall–Kier alpha value is -0.860. The van der Waals surface area contributed by atoms with Gasteiger partial charge in [0.25, 0.3) is 0 Å². The molecule has 2 unspecified atom stereocenters. The van der Waals surface area contributed by atoms with E-state index in [9.17, 15) is 0 Å². The molecule has 0 aromatic heterocycles. The van der Waals surface area contributed by atoms with Crippen molar-refractivity contribution in [3.8, 4) is 0 Å². The number of nitrogens with one attached hydrogen (secondary N) is 2. The zero-order chi connectivity index (χ0) is 16.7. The predicted octanol–water partition coefficient (Wildman–Crippen LogP) is 2.21. The van der Waals surface area contributed by atoms with Gasteiger partial charge in [-0.2, -0.15) is 0 Å². The third kappa shape index (κ3) is 6.94. The fourth-order valence-corrected chi connectivity index (χ4v) is 2.68. The molecule has 0 aliphatic carbocycles. The molecular formula is C18H31IN4O. The van der Waals surface area contributed by atoms with Crippen molar-refractivity contribution in [1.29, 1.82) is 0 Å². The number of morpholine rings is 1. The number of aliphatic imine (C=N–C) groups is 1. The maximum Gasteiger partial charge on any atom is 0.191 e. The number of halogens is 1. The summed E-state index contributed by atoms with van der Waals surface area (Å²) in [6, 6.07) is 8.72. The van der Waals surface area contributed by atoms with Crippen LogP contribution < -0.4 is 10.6 Å². The van der Waals surface area contributed by atoms with E-state index in [1.54, 1.807) is 7.05 Å². The minimum absolute atomic E-state index is 0. The number of benzene rings is 1. The summed E-state index contributed by atoms with van der Waals surface area (Å²) in [4.78, 5) is 6.59. The van der Waals surface area contributed by atoms with E-state index in [1.165, 1.54) is 11.1 Å². The van der Waals surface area contributed by atoms with Crippen molar-refractivity contribution in [3.63, 3.8) is 0 Å². The Kier molecular flexibility index (Phi) is 9.61. The van der Waals surface area contributed by atoms with Crippen LogP contribution in [0.1, 0.15) is 24.0 Å². The van der Waals surface area contributed by atoms with Crippen molar-refractivity contribution in [3.05, 3.63) is 35.4 Å². The first-order valence-corrected chi connectivity index (χ1v) is 8.39. The zero-order valence-corrected chi connectivity index (χ0v) is 17.5. The van der Waals surface area contributed by atoms with Crippen LogP contribution in [0, 0.1) is 6.92 Å². The molecule has 2 N–H and O–H groups in total. The highest BCUT2D eigenvalue weighted by Crippen LogP contribution is 2.14. The molecule has 24 heavy (non-hydrogen) atoms. The molecule has 6 heteroatoms. The highest BCUT2D eigenvalue weighted by Gasteiger charge is 2.17. The van der Waals surface area contributed by atoms with E-state index in [0.717, 1.165) is 38.7 Å². The van der Waals surface area contributed by atoms with E-state index in [-0.39, 0.29) is 30.1 Å². The van der Waals surface area contributed by atoms with Gasteiger partial charge in [0.1, 0.15) is 0 Å². The number of hydrogen-bond acceptors (Lipinski definition) is 3. The number of aryl methyl sites for hydroxylation is 1. The quantitative estimate of drug-likeness (QED) is 0.414. The molecular weight excluding hydrogens is 415 g/mol. The lowest BCUT2D eigenvalue weighted by Gasteiger charge is -2.30. The molecule has 1 aromatic carbocycles. The molecule has 136 valence electrons. The lowest BCUT2D eigenvalue weighted by Crippen LogP contribution is -2.48.